The third kappa shape index (κ3) is 2.94. The van der Waals surface area contributed by atoms with Gasteiger partial charge in [0.1, 0.15) is 0 Å². The Balaban J connectivity index is 2.34. The molecule has 1 fully saturated rings. The molecule has 15 heavy (non-hydrogen) atoms. The van der Waals surface area contributed by atoms with Gasteiger partial charge in [-0.05, 0) is 19.3 Å². The minimum absolute atomic E-state index is 0.00788. The third-order valence-electron chi connectivity index (χ3n) is 3.15. The molecule has 86 valence electrons. The molecule has 0 heterocycles. The summed E-state index contributed by atoms with van der Waals surface area (Å²) < 4.78 is 0. The van der Waals surface area contributed by atoms with Crippen LogP contribution in [0.1, 0.15) is 45.4 Å². The van der Waals surface area contributed by atoms with Crippen LogP contribution in [0.3, 0.4) is 0 Å². The second-order valence-electron chi connectivity index (χ2n) is 4.28. The lowest BCUT2D eigenvalue weighted by Crippen LogP contribution is -2.46. The van der Waals surface area contributed by atoms with Crippen molar-refractivity contribution >= 4 is 11.9 Å². The molecular weight excluding hydrogens is 194 g/mol. The van der Waals surface area contributed by atoms with Gasteiger partial charge in [-0.25, -0.2) is 0 Å². The topological polar surface area (TPSA) is 66.4 Å². The van der Waals surface area contributed by atoms with E-state index in [0.29, 0.717) is 0 Å². The Morgan fingerprint density at radius 3 is 2.47 bits per heavy atom. The summed E-state index contributed by atoms with van der Waals surface area (Å²) in [6.07, 6.45) is 4.97. The van der Waals surface area contributed by atoms with Crippen LogP contribution < -0.4 is 5.32 Å². The molecule has 1 amide bonds. The fourth-order valence-electron chi connectivity index (χ4n) is 2.14. The number of aliphatic carboxylic acids is 1. The molecule has 0 aromatic heterocycles. The monoisotopic (exact) mass is 213 g/mol. The molecule has 0 radical (unpaired) electrons. The maximum absolute atomic E-state index is 11.8. The first-order valence-electron chi connectivity index (χ1n) is 5.61. The van der Waals surface area contributed by atoms with Crippen LogP contribution in [-0.2, 0) is 9.59 Å². The molecule has 0 spiro atoms. The largest absolute Gasteiger partial charge is 0.481 e. The van der Waals surface area contributed by atoms with Crippen LogP contribution in [0.4, 0.5) is 0 Å². The fraction of sp³-hybridized carbons (Fsp3) is 0.818. The standard InChI is InChI=1S/C11H19NO3/c1-2-5-11(6-3-7-11)10(15)12-8-4-9(13)14/h2-8H2,1H3,(H,12,15)(H,13,14). The molecule has 0 unspecified atom stereocenters. The van der Waals surface area contributed by atoms with Crippen LogP contribution in [0.25, 0.3) is 0 Å². The molecule has 1 saturated carbocycles. The molecule has 0 aromatic rings. The first kappa shape index (κ1) is 12.0. The van der Waals surface area contributed by atoms with Crippen LogP contribution in [0.5, 0.6) is 0 Å². The number of carboxylic acid groups (broad SMARTS) is 1. The number of carbonyl (C=O) groups excluding carboxylic acids is 1. The first-order valence-corrected chi connectivity index (χ1v) is 5.61. The molecule has 4 nitrogen and oxygen atoms in total. The Morgan fingerprint density at radius 1 is 1.40 bits per heavy atom. The van der Waals surface area contributed by atoms with Crippen LogP contribution in [0, 0.1) is 5.41 Å². The van der Waals surface area contributed by atoms with E-state index in [1.807, 2.05) is 0 Å². The molecule has 0 atom stereocenters. The zero-order valence-electron chi connectivity index (χ0n) is 9.21. The van der Waals surface area contributed by atoms with Crippen LogP contribution in [-0.4, -0.2) is 23.5 Å². The summed E-state index contributed by atoms with van der Waals surface area (Å²) in [6.45, 7) is 2.32. The van der Waals surface area contributed by atoms with E-state index in [2.05, 4.69) is 12.2 Å². The van der Waals surface area contributed by atoms with E-state index in [4.69, 9.17) is 5.11 Å². The van der Waals surface area contributed by atoms with Gasteiger partial charge in [-0.3, -0.25) is 9.59 Å². The lowest BCUT2D eigenvalue weighted by molar-refractivity contribution is -0.138. The normalized spacial score (nSPS) is 17.9. The Bertz CT molecular complexity index is 246. The van der Waals surface area contributed by atoms with E-state index in [-0.39, 0.29) is 24.3 Å². The number of hydrogen-bond donors (Lipinski definition) is 2. The third-order valence-corrected chi connectivity index (χ3v) is 3.15. The van der Waals surface area contributed by atoms with Gasteiger partial charge >= 0.3 is 5.97 Å². The number of amides is 1. The Labute approximate surface area is 90.0 Å². The summed E-state index contributed by atoms with van der Waals surface area (Å²) in [4.78, 5) is 22.1. The molecular formula is C11H19NO3. The maximum Gasteiger partial charge on any atom is 0.305 e. The van der Waals surface area contributed by atoms with Gasteiger partial charge in [-0.1, -0.05) is 19.8 Å². The Kier molecular flexibility index (Phi) is 4.12. The lowest BCUT2D eigenvalue weighted by Gasteiger charge is -2.40. The molecule has 0 saturated heterocycles. The highest BCUT2D eigenvalue weighted by atomic mass is 16.4. The van der Waals surface area contributed by atoms with Crippen molar-refractivity contribution in [1.82, 2.24) is 5.32 Å². The quantitative estimate of drug-likeness (QED) is 0.703. The molecule has 1 rings (SSSR count). The van der Waals surface area contributed by atoms with E-state index in [1.165, 1.54) is 0 Å². The molecule has 0 aromatic carbocycles. The Morgan fingerprint density at radius 2 is 2.07 bits per heavy atom. The molecule has 0 aliphatic heterocycles. The fourth-order valence-corrected chi connectivity index (χ4v) is 2.14. The average molecular weight is 213 g/mol. The summed E-state index contributed by atoms with van der Waals surface area (Å²) in [5.41, 5.74) is -0.173. The van der Waals surface area contributed by atoms with Gasteiger partial charge in [0, 0.05) is 12.0 Å². The van der Waals surface area contributed by atoms with Crippen molar-refractivity contribution in [3.05, 3.63) is 0 Å². The van der Waals surface area contributed by atoms with E-state index in [0.717, 1.165) is 32.1 Å². The van der Waals surface area contributed by atoms with Gasteiger partial charge in [0.2, 0.25) is 5.91 Å². The highest BCUT2D eigenvalue weighted by molar-refractivity contribution is 5.83. The van der Waals surface area contributed by atoms with Crippen molar-refractivity contribution in [2.45, 2.75) is 45.4 Å². The molecule has 2 N–H and O–H groups in total. The second kappa shape index (κ2) is 5.14. The van der Waals surface area contributed by atoms with Gasteiger partial charge in [-0.15, -0.1) is 0 Å². The van der Waals surface area contributed by atoms with Crippen LogP contribution in [0.15, 0.2) is 0 Å². The summed E-state index contributed by atoms with van der Waals surface area (Å²) >= 11 is 0. The van der Waals surface area contributed by atoms with E-state index >= 15 is 0 Å². The minimum atomic E-state index is -0.867. The zero-order valence-corrected chi connectivity index (χ0v) is 9.21. The first-order chi connectivity index (χ1) is 7.10. The van der Waals surface area contributed by atoms with E-state index in [9.17, 15) is 9.59 Å². The van der Waals surface area contributed by atoms with Crippen molar-refractivity contribution in [2.75, 3.05) is 6.54 Å². The van der Waals surface area contributed by atoms with Gasteiger partial charge < -0.3 is 10.4 Å². The van der Waals surface area contributed by atoms with Gasteiger partial charge in [-0.2, -0.15) is 0 Å². The highest BCUT2D eigenvalue weighted by Crippen LogP contribution is 2.44. The van der Waals surface area contributed by atoms with Gasteiger partial charge in [0.05, 0.1) is 6.42 Å². The number of nitrogens with one attached hydrogen (secondary N) is 1. The van der Waals surface area contributed by atoms with Crippen molar-refractivity contribution < 1.29 is 14.7 Å². The molecule has 0 bridgehead atoms. The summed E-state index contributed by atoms with van der Waals surface area (Å²) in [6, 6.07) is 0. The minimum Gasteiger partial charge on any atom is -0.481 e. The van der Waals surface area contributed by atoms with Crippen molar-refractivity contribution in [1.29, 1.82) is 0 Å². The smallest absolute Gasteiger partial charge is 0.305 e. The van der Waals surface area contributed by atoms with E-state index in [1.54, 1.807) is 0 Å². The summed E-state index contributed by atoms with van der Waals surface area (Å²) in [5, 5.41) is 11.2. The van der Waals surface area contributed by atoms with Crippen molar-refractivity contribution in [3.8, 4) is 0 Å². The molecule has 4 heteroatoms. The number of rotatable bonds is 6. The van der Waals surface area contributed by atoms with E-state index < -0.39 is 5.97 Å². The number of hydrogen-bond acceptors (Lipinski definition) is 2. The molecule has 1 aliphatic carbocycles. The van der Waals surface area contributed by atoms with Gasteiger partial charge in [0.15, 0.2) is 0 Å². The van der Waals surface area contributed by atoms with Crippen molar-refractivity contribution in [3.63, 3.8) is 0 Å². The van der Waals surface area contributed by atoms with Gasteiger partial charge in [0.25, 0.3) is 0 Å². The zero-order chi connectivity index (χ0) is 11.3. The summed E-state index contributed by atoms with van der Waals surface area (Å²) in [5.74, 6) is -0.815. The van der Waals surface area contributed by atoms with Crippen molar-refractivity contribution in [2.24, 2.45) is 5.41 Å². The predicted molar refractivity (Wildman–Crippen MR) is 56.5 cm³/mol. The summed E-state index contributed by atoms with van der Waals surface area (Å²) in [7, 11) is 0. The maximum atomic E-state index is 11.8. The predicted octanol–water partition coefficient (Wildman–Crippen LogP) is 1.55. The number of carboxylic acids is 1. The number of carbonyl (C=O) groups is 2. The second-order valence-corrected chi connectivity index (χ2v) is 4.28. The lowest BCUT2D eigenvalue weighted by atomic mass is 9.65. The SMILES string of the molecule is CCCC1(C(=O)NCCC(=O)O)CCC1. The average Bonchev–Trinajstić information content (AvgIpc) is 2.10. The molecule has 1 aliphatic rings. The van der Waals surface area contributed by atoms with Crippen LogP contribution >= 0.6 is 0 Å². The Hall–Kier alpha value is -1.06. The van der Waals surface area contributed by atoms with Crippen LogP contribution in [0.2, 0.25) is 0 Å². The highest BCUT2D eigenvalue weighted by Gasteiger charge is 2.42.